The average molecular weight is 455 g/mol. The summed E-state index contributed by atoms with van der Waals surface area (Å²) in [6.07, 6.45) is 3.73. The Morgan fingerprint density at radius 3 is 2.58 bits per heavy atom. The molecule has 2 aromatic rings. The molecule has 1 fully saturated rings. The molecule has 0 aromatic heterocycles. The lowest BCUT2D eigenvalue weighted by Gasteiger charge is -2.26. The molecule has 3 rings (SSSR count). The van der Waals surface area contributed by atoms with Crippen LogP contribution in [0.25, 0.3) is 0 Å². The van der Waals surface area contributed by atoms with Crippen LogP contribution in [0.4, 0.5) is 0 Å². The maximum atomic E-state index is 13.1. The van der Waals surface area contributed by atoms with Crippen molar-refractivity contribution in [3.05, 3.63) is 59.2 Å². The Morgan fingerprint density at radius 2 is 1.85 bits per heavy atom. The van der Waals surface area contributed by atoms with E-state index in [0.717, 1.165) is 25.2 Å². The third-order valence-corrected chi connectivity index (χ3v) is 5.83. The average Bonchev–Trinajstić information content (AvgIpc) is 2.85. The van der Waals surface area contributed by atoms with E-state index in [0.29, 0.717) is 36.5 Å². The van der Waals surface area contributed by atoms with Crippen LogP contribution in [0, 0.1) is 0 Å². The van der Waals surface area contributed by atoms with Crippen LogP contribution >= 0.6 is 0 Å². The molecule has 0 bridgehead atoms. The van der Waals surface area contributed by atoms with Gasteiger partial charge >= 0.3 is 0 Å². The third kappa shape index (κ3) is 6.94. The van der Waals surface area contributed by atoms with E-state index >= 15 is 0 Å². The molecule has 2 amide bonds. The minimum Gasteiger partial charge on any atom is -0.508 e. The van der Waals surface area contributed by atoms with Gasteiger partial charge in [-0.05, 0) is 57.1 Å². The fraction of sp³-hybridized carbons (Fsp3) is 0.440. The zero-order valence-corrected chi connectivity index (χ0v) is 19.5. The van der Waals surface area contributed by atoms with Crippen LogP contribution in [0.5, 0.6) is 11.5 Å². The fourth-order valence-corrected chi connectivity index (χ4v) is 3.95. The molecule has 0 atom stereocenters. The summed E-state index contributed by atoms with van der Waals surface area (Å²) in [6.45, 7) is 6.28. The van der Waals surface area contributed by atoms with Gasteiger partial charge in [0.05, 0.1) is 7.11 Å². The quantitative estimate of drug-likeness (QED) is 0.478. The number of hydrazine groups is 1. The summed E-state index contributed by atoms with van der Waals surface area (Å²) in [5, 5.41) is 14.1. The number of phenolic OH excluding ortho intramolecular Hbond substituents is 1. The maximum absolute atomic E-state index is 13.1. The van der Waals surface area contributed by atoms with E-state index in [-0.39, 0.29) is 17.6 Å². The standard InChI is InChI=1S/C25H34N4O4/c1-3-29(27-18-21-10-11-22(30)17-23(21)33-2)25(32)20-9-7-8-19(16-20)24(31)26-12-15-28-13-5-4-6-14-28/h7-11,16-17,27,30H,3-6,12-15,18H2,1-2H3,(H,26,31). The first-order valence-electron chi connectivity index (χ1n) is 11.5. The molecule has 0 unspecified atom stereocenters. The first-order chi connectivity index (χ1) is 16.0. The molecule has 1 aliphatic rings. The maximum Gasteiger partial charge on any atom is 0.267 e. The number of rotatable bonds is 10. The van der Waals surface area contributed by atoms with E-state index in [2.05, 4.69) is 15.6 Å². The largest absolute Gasteiger partial charge is 0.508 e. The Bertz CT molecular complexity index is 944. The second kappa shape index (κ2) is 12.2. The Morgan fingerprint density at radius 1 is 1.09 bits per heavy atom. The minimum absolute atomic E-state index is 0.116. The SMILES string of the molecule is CCN(NCc1ccc(O)cc1OC)C(=O)c1cccc(C(=O)NCCN2CCCCC2)c1. The summed E-state index contributed by atoms with van der Waals surface area (Å²) in [5.41, 5.74) is 4.83. The molecule has 0 saturated carbocycles. The number of piperidine rings is 1. The highest BCUT2D eigenvalue weighted by Gasteiger charge is 2.17. The summed E-state index contributed by atoms with van der Waals surface area (Å²) in [4.78, 5) is 28.0. The van der Waals surface area contributed by atoms with Gasteiger partial charge in [-0.25, -0.2) is 5.43 Å². The molecule has 178 valence electrons. The summed E-state index contributed by atoms with van der Waals surface area (Å²) >= 11 is 0. The van der Waals surface area contributed by atoms with Gasteiger partial charge in [-0.15, -0.1) is 0 Å². The van der Waals surface area contributed by atoms with Gasteiger partial charge in [0.1, 0.15) is 11.5 Å². The first kappa shape index (κ1) is 24.5. The number of likely N-dealkylation sites (tertiary alicyclic amines) is 1. The zero-order chi connectivity index (χ0) is 23.6. The molecule has 0 radical (unpaired) electrons. The van der Waals surface area contributed by atoms with Crippen molar-refractivity contribution in [3.63, 3.8) is 0 Å². The fourth-order valence-electron chi connectivity index (χ4n) is 3.95. The summed E-state index contributed by atoms with van der Waals surface area (Å²) < 4.78 is 5.30. The zero-order valence-electron chi connectivity index (χ0n) is 19.5. The van der Waals surface area contributed by atoms with Crippen molar-refractivity contribution in [1.29, 1.82) is 0 Å². The number of phenols is 1. The molecular formula is C25H34N4O4. The number of aromatic hydroxyl groups is 1. The second-order valence-electron chi connectivity index (χ2n) is 8.12. The highest BCUT2D eigenvalue weighted by Crippen LogP contribution is 2.23. The van der Waals surface area contributed by atoms with Gasteiger partial charge in [0, 0.05) is 48.9 Å². The van der Waals surface area contributed by atoms with E-state index in [9.17, 15) is 14.7 Å². The number of hydrogen-bond acceptors (Lipinski definition) is 6. The summed E-state index contributed by atoms with van der Waals surface area (Å²) in [7, 11) is 1.53. The van der Waals surface area contributed by atoms with Crippen LogP contribution in [0.3, 0.4) is 0 Å². The highest BCUT2D eigenvalue weighted by atomic mass is 16.5. The number of nitrogens with zero attached hydrogens (tertiary/aromatic N) is 2. The normalized spacial score (nSPS) is 14.0. The van der Waals surface area contributed by atoms with Gasteiger partial charge in [-0.3, -0.25) is 14.6 Å². The number of hydrogen-bond donors (Lipinski definition) is 3. The van der Waals surface area contributed by atoms with E-state index in [4.69, 9.17) is 4.74 Å². The number of methoxy groups -OCH3 is 1. The lowest BCUT2D eigenvalue weighted by Crippen LogP contribution is -2.42. The predicted octanol–water partition coefficient (Wildman–Crippen LogP) is 2.78. The Labute approximate surface area is 195 Å². The smallest absolute Gasteiger partial charge is 0.267 e. The number of carbonyl (C=O) groups excluding carboxylic acids is 2. The highest BCUT2D eigenvalue weighted by molar-refractivity contribution is 5.99. The van der Waals surface area contributed by atoms with Gasteiger partial charge in [0.25, 0.3) is 11.8 Å². The minimum atomic E-state index is -0.224. The second-order valence-corrected chi connectivity index (χ2v) is 8.12. The molecule has 3 N–H and O–H groups in total. The van der Waals surface area contributed by atoms with E-state index in [1.54, 1.807) is 36.4 Å². The van der Waals surface area contributed by atoms with Crippen LogP contribution in [0.1, 0.15) is 52.5 Å². The molecule has 33 heavy (non-hydrogen) atoms. The van der Waals surface area contributed by atoms with Crippen molar-refractivity contribution in [2.24, 2.45) is 0 Å². The van der Waals surface area contributed by atoms with Crippen molar-refractivity contribution in [2.75, 3.05) is 39.8 Å². The van der Waals surface area contributed by atoms with E-state index < -0.39 is 0 Å². The van der Waals surface area contributed by atoms with Crippen molar-refractivity contribution in [2.45, 2.75) is 32.7 Å². The van der Waals surface area contributed by atoms with Crippen LogP contribution in [-0.4, -0.2) is 66.7 Å². The van der Waals surface area contributed by atoms with Crippen molar-refractivity contribution in [1.82, 2.24) is 20.7 Å². The third-order valence-electron chi connectivity index (χ3n) is 5.83. The molecule has 1 aliphatic heterocycles. The van der Waals surface area contributed by atoms with Gasteiger partial charge in [0.2, 0.25) is 0 Å². The topological polar surface area (TPSA) is 94.1 Å². The Kier molecular flexibility index (Phi) is 9.09. The van der Waals surface area contributed by atoms with Gasteiger partial charge in [-0.1, -0.05) is 18.6 Å². The van der Waals surface area contributed by atoms with Gasteiger partial charge in [-0.2, -0.15) is 0 Å². The van der Waals surface area contributed by atoms with E-state index in [1.807, 2.05) is 6.92 Å². The molecule has 8 nitrogen and oxygen atoms in total. The van der Waals surface area contributed by atoms with Crippen molar-refractivity contribution in [3.8, 4) is 11.5 Å². The molecule has 1 saturated heterocycles. The predicted molar refractivity (Wildman–Crippen MR) is 127 cm³/mol. The number of carbonyl (C=O) groups is 2. The Balaban J connectivity index is 1.58. The number of amides is 2. The van der Waals surface area contributed by atoms with E-state index in [1.165, 1.54) is 37.4 Å². The first-order valence-corrected chi connectivity index (χ1v) is 11.5. The number of benzene rings is 2. The number of nitrogens with one attached hydrogen (secondary N) is 2. The van der Waals surface area contributed by atoms with Crippen LogP contribution in [-0.2, 0) is 6.54 Å². The Hall–Kier alpha value is -3.10. The van der Waals surface area contributed by atoms with Gasteiger partial charge < -0.3 is 20.1 Å². The molecule has 1 heterocycles. The monoisotopic (exact) mass is 454 g/mol. The molecule has 0 spiro atoms. The van der Waals surface area contributed by atoms with Crippen molar-refractivity contribution >= 4 is 11.8 Å². The van der Waals surface area contributed by atoms with Gasteiger partial charge in [0.15, 0.2) is 0 Å². The summed E-state index contributed by atoms with van der Waals surface area (Å²) in [5.74, 6) is 0.254. The van der Waals surface area contributed by atoms with Crippen molar-refractivity contribution < 1.29 is 19.4 Å². The molecule has 0 aliphatic carbocycles. The van der Waals surface area contributed by atoms with Crippen LogP contribution in [0.15, 0.2) is 42.5 Å². The van der Waals surface area contributed by atoms with Crippen LogP contribution < -0.4 is 15.5 Å². The molecular weight excluding hydrogens is 420 g/mol. The van der Waals surface area contributed by atoms with Crippen LogP contribution in [0.2, 0.25) is 0 Å². The lowest BCUT2D eigenvalue weighted by atomic mass is 10.1. The lowest BCUT2D eigenvalue weighted by molar-refractivity contribution is 0.0665. The number of ether oxygens (including phenoxy) is 1. The molecule has 2 aromatic carbocycles. The molecule has 8 heteroatoms. The summed E-state index contributed by atoms with van der Waals surface area (Å²) in [6, 6.07) is 11.6.